The molecule has 1 aliphatic heterocycles. The van der Waals surface area contributed by atoms with E-state index in [0.717, 1.165) is 0 Å². The number of nitrogens with one attached hydrogen (secondary N) is 1. The van der Waals surface area contributed by atoms with Crippen LogP contribution in [-0.2, 0) is 14.8 Å². The van der Waals surface area contributed by atoms with E-state index in [1.165, 1.54) is 16.4 Å². The Bertz CT molecular complexity index is 988. The quantitative estimate of drug-likeness (QED) is 0.680. The Hall–Kier alpha value is -1.94. The molecule has 1 N–H and O–H groups in total. The average molecular weight is 483 g/mol. The summed E-state index contributed by atoms with van der Waals surface area (Å²) >= 11 is 3.36. The van der Waals surface area contributed by atoms with Gasteiger partial charge in [-0.2, -0.15) is 4.31 Å². The van der Waals surface area contributed by atoms with E-state index in [0.29, 0.717) is 47.8 Å². The van der Waals surface area contributed by atoms with Crippen molar-refractivity contribution in [1.82, 2.24) is 4.31 Å². The van der Waals surface area contributed by atoms with Crippen molar-refractivity contribution in [2.24, 2.45) is 0 Å². The molecule has 1 heterocycles. The first-order chi connectivity index (χ1) is 13.8. The van der Waals surface area contributed by atoms with Crippen LogP contribution in [0, 0.1) is 0 Å². The topological polar surface area (TPSA) is 84.9 Å². The van der Waals surface area contributed by atoms with E-state index in [1.807, 2.05) is 19.9 Å². The summed E-state index contributed by atoms with van der Waals surface area (Å²) in [5, 5.41) is 2.79. The van der Waals surface area contributed by atoms with Crippen LogP contribution in [0.1, 0.15) is 24.2 Å². The van der Waals surface area contributed by atoms with Crippen molar-refractivity contribution in [3.63, 3.8) is 0 Å². The summed E-state index contributed by atoms with van der Waals surface area (Å²) in [6.45, 7) is 5.03. The summed E-state index contributed by atoms with van der Waals surface area (Å²) in [5.41, 5.74) is 0.734. The second-order valence-electron chi connectivity index (χ2n) is 6.78. The number of rotatable bonds is 6. The number of ether oxygens (including phenoxy) is 2. The van der Waals surface area contributed by atoms with Crippen LogP contribution in [0.25, 0.3) is 0 Å². The maximum absolute atomic E-state index is 13.0. The van der Waals surface area contributed by atoms with Gasteiger partial charge < -0.3 is 14.8 Å². The minimum absolute atomic E-state index is 0.0953. The lowest BCUT2D eigenvalue weighted by Crippen LogP contribution is -2.40. The van der Waals surface area contributed by atoms with E-state index in [9.17, 15) is 13.2 Å². The molecule has 7 nitrogen and oxygen atoms in total. The standard InChI is InChI=1S/C20H23BrN2O5S/c1-14(2)28-19-8-7-15(29(25,26)23-9-11-27-12-10-23)13-18(19)22-20(24)16-5-3-4-6-17(16)21/h3-8,13-14H,9-12H2,1-2H3,(H,22,24). The van der Waals surface area contributed by atoms with Gasteiger partial charge in [0.1, 0.15) is 5.75 Å². The Morgan fingerprint density at radius 3 is 2.52 bits per heavy atom. The number of hydrogen-bond acceptors (Lipinski definition) is 5. The predicted molar refractivity (Wildman–Crippen MR) is 114 cm³/mol. The van der Waals surface area contributed by atoms with Gasteiger partial charge in [-0.05, 0) is 60.1 Å². The Morgan fingerprint density at radius 1 is 1.17 bits per heavy atom. The zero-order valence-corrected chi connectivity index (χ0v) is 18.6. The van der Waals surface area contributed by atoms with Crippen LogP contribution in [0.5, 0.6) is 5.75 Å². The summed E-state index contributed by atoms with van der Waals surface area (Å²) < 4.78 is 39.0. The summed E-state index contributed by atoms with van der Waals surface area (Å²) in [5.74, 6) is 0.0355. The molecule has 29 heavy (non-hydrogen) atoms. The summed E-state index contributed by atoms with van der Waals surface area (Å²) in [6, 6.07) is 11.5. The molecule has 156 valence electrons. The monoisotopic (exact) mass is 482 g/mol. The van der Waals surface area contributed by atoms with Crippen molar-refractivity contribution >= 4 is 37.5 Å². The van der Waals surface area contributed by atoms with Gasteiger partial charge in [-0.25, -0.2) is 8.42 Å². The highest BCUT2D eigenvalue weighted by molar-refractivity contribution is 9.10. The Balaban J connectivity index is 1.96. The maximum atomic E-state index is 13.0. The first-order valence-electron chi connectivity index (χ1n) is 9.23. The number of nitrogens with zero attached hydrogens (tertiary/aromatic N) is 1. The average Bonchev–Trinajstić information content (AvgIpc) is 2.69. The smallest absolute Gasteiger partial charge is 0.256 e. The fraction of sp³-hybridized carbons (Fsp3) is 0.350. The minimum atomic E-state index is -3.70. The van der Waals surface area contributed by atoms with Crippen LogP contribution >= 0.6 is 15.9 Å². The minimum Gasteiger partial charge on any atom is -0.489 e. The molecule has 0 unspecified atom stereocenters. The first-order valence-corrected chi connectivity index (χ1v) is 11.5. The Morgan fingerprint density at radius 2 is 1.86 bits per heavy atom. The number of anilines is 1. The van der Waals surface area contributed by atoms with Crippen molar-refractivity contribution in [2.75, 3.05) is 31.6 Å². The van der Waals surface area contributed by atoms with Crippen LogP contribution in [-0.4, -0.2) is 51.0 Å². The van der Waals surface area contributed by atoms with Gasteiger partial charge in [-0.3, -0.25) is 4.79 Å². The van der Waals surface area contributed by atoms with E-state index in [4.69, 9.17) is 9.47 Å². The molecule has 0 saturated carbocycles. The number of carbonyl (C=O) groups is 1. The molecule has 1 amide bonds. The van der Waals surface area contributed by atoms with Gasteiger partial charge in [0.2, 0.25) is 10.0 Å². The van der Waals surface area contributed by atoms with Gasteiger partial charge in [0.15, 0.2) is 0 Å². The highest BCUT2D eigenvalue weighted by atomic mass is 79.9. The van der Waals surface area contributed by atoms with Gasteiger partial charge in [-0.1, -0.05) is 12.1 Å². The molecule has 9 heteroatoms. The molecular formula is C20H23BrN2O5S. The van der Waals surface area contributed by atoms with Gasteiger partial charge >= 0.3 is 0 Å². The third kappa shape index (κ3) is 5.16. The lowest BCUT2D eigenvalue weighted by molar-refractivity contribution is 0.0730. The van der Waals surface area contributed by atoms with Crippen LogP contribution < -0.4 is 10.1 Å². The lowest BCUT2D eigenvalue weighted by atomic mass is 10.2. The van der Waals surface area contributed by atoms with Crippen molar-refractivity contribution in [3.05, 3.63) is 52.5 Å². The third-order valence-corrected chi connectivity index (χ3v) is 6.87. The van der Waals surface area contributed by atoms with Crippen LogP contribution in [0.4, 0.5) is 5.69 Å². The molecule has 0 bridgehead atoms. The Labute approximate surface area is 179 Å². The maximum Gasteiger partial charge on any atom is 0.256 e. The number of halogens is 1. The second-order valence-corrected chi connectivity index (χ2v) is 9.57. The number of benzene rings is 2. The van der Waals surface area contributed by atoms with E-state index >= 15 is 0 Å². The second kappa shape index (κ2) is 9.25. The summed E-state index contributed by atoms with van der Waals surface area (Å²) in [4.78, 5) is 12.9. The largest absolute Gasteiger partial charge is 0.489 e. The van der Waals surface area contributed by atoms with E-state index in [2.05, 4.69) is 21.2 Å². The van der Waals surface area contributed by atoms with Gasteiger partial charge in [-0.15, -0.1) is 0 Å². The zero-order chi connectivity index (χ0) is 21.0. The molecule has 0 aliphatic carbocycles. The van der Waals surface area contributed by atoms with Crippen molar-refractivity contribution < 1.29 is 22.7 Å². The molecule has 0 spiro atoms. The van der Waals surface area contributed by atoms with E-state index in [1.54, 1.807) is 24.3 Å². The Kier molecular flexibility index (Phi) is 6.94. The normalized spacial score (nSPS) is 15.3. The number of hydrogen-bond donors (Lipinski definition) is 1. The molecule has 0 aromatic heterocycles. The fourth-order valence-corrected chi connectivity index (χ4v) is 4.79. The molecule has 0 radical (unpaired) electrons. The molecule has 1 fully saturated rings. The van der Waals surface area contributed by atoms with E-state index in [-0.39, 0.29) is 16.9 Å². The number of carbonyl (C=O) groups excluding carboxylic acids is 1. The van der Waals surface area contributed by atoms with Crippen molar-refractivity contribution in [2.45, 2.75) is 24.8 Å². The van der Waals surface area contributed by atoms with Gasteiger partial charge in [0, 0.05) is 17.6 Å². The summed E-state index contributed by atoms with van der Waals surface area (Å²) in [7, 11) is -3.70. The zero-order valence-electron chi connectivity index (χ0n) is 16.2. The van der Waals surface area contributed by atoms with Crippen LogP contribution in [0.15, 0.2) is 51.8 Å². The molecule has 2 aromatic carbocycles. The van der Waals surface area contributed by atoms with Gasteiger partial charge in [0.05, 0.1) is 35.5 Å². The van der Waals surface area contributed by atoms with Gasteiger partial charge in [0.25, 0.3) is 5.91 Å². The number of amides is 1. The predicted octanol–water partition coefficient (Wildman–Crippen LogP) is 3.51. The third-order valence-electron chi connectivity index (χ3n) is 4.29. The van der Waals surface area contributed by atoms with Crippen LogP contribution in [0.2, 0.25) is 0 Å². The molecule has 0 atom stereocenters. The highest BCUT2D eigenvalue weighted by Gasteiger charge is 2.27. The van der Waals surface area contributed by atoms with E-state index < -0.39 is 10.0 Å². The number of sulfonamides is 1. The first kappa shape index (κ1) is 21.8. The highest BCUT2D eigenvalue weighted by Crippen LogP contribution is 2.31. The lowest BCUT2D eigenvalue weighted by Gasteiger charge is -2.26. The molecular weight excluding hydrogens is 460 g/mol. The number of morpholine rings is 1. The molecule has 1 aliphatic rings. The summed E-state index contributed by atoms with van der Waals surface area (Å²) in [6.07, 6.45) is -0.143. The fourth-order valence-electron chi connectivity index (χ4n) is 2.89. The van der Waals surface area contributed by atoms with Crippen molar-refractivity contribution in [3.8, 4) is 5.75 Å². The van der Waals surface area contributed by atoms with Crippen molar-refractivity contribution in [1.29, 1.82) is 0 Å². The SMILES string of the molecule is CC(C)Oc1ccc(S(=O)(=O)N2CCOCC2)cc1NC(=O)c1ccccc1Br. The van der Waals surface area contributed by atoms with Crippen LogP contribution in [0.3, 0.4) is 0 Å². The molecule has 3 rings (SSSR count). The molecule has 2 aromatic rings. The molecule has 1 saturated heterocycles.